The molecule has 94 valence electrons. The van der Waals surface area contributed by atoms with E-state index < -0.39 is 0 Å². The normalized spacial score (nSPS) is 11.0. The van der Waals surface area contributed by atoms with Crippen LogP contribution in [0.1, 0.15) is 13.8 Å². The summed E-state index contributed by atoms with van der Waals surface area (Å²) in [5, 5.41) is 11.8. The van der Waals surface area contributed by atoms with Crippen LogP contribution in [0.25, 0.3) is 0 Å². The predicted molar refractivity (Wildman–Crippen MR) is 65.8 cm³/mol. The van der Waals surface area contributed by atoms with Gasteiger partial charge < -0.3 is 15.2 Å². The van der Waals surface area contributed by atoms with Crippen LogP contribution in [0, 0.1) is 5.41 Å². The van der Waals surface area contributed by atoms with Crippen LogP contribution in [-0.4, -0.2) is 30.8 Å². The Kier molecular flexibility index (Phi) is 4.97. The molecule has 1 amide bonds. The highest BCUT2D eigenvalue weighted by atomic mass is 16.5. The van der Waals surface area contributed by atoms with Gasteiger partial charge in [-0.3, -0.25) is 4.79 Å². The lowest BCUT2D eigenvalue weighted by Gasteiger charge is -2.21. The van der Waals surface area contributed by atoms with E-state index >= 15 is 0 Å². The Morgan fingerprint density at radius 2 is 2.00 bits per heavy atom. The quantitative estimate of drug-likeness (QED) is 0.781. The fourth-order valence-electron chi connectivity index (χ4n) is 1.11. The summed E-state index contributed by atoms with van der Waals surface area (Å²) in [7, 11) is 0. The lowest BCUT2D eigenvalue weighted by Crippen LogP contribution is -2.38. The first-order valence-corrected chi connectivity index (χ1v) is 5.59. The molecule has 2 N–H and O–H groups in total. The Morgan fingerprint density at radius 3 is 2.59 bits per heavy atom. The van der Waals surface area contributed by atoms with Crippen molar-refractivity contribution in [3.05, 3.63) is 30.3 Å². The van der Waals surface area contributed by atoms with Crippen LogP contribution < -0.4 is 10.1 Å². The maximum atomic E-state index is 11.5. The zero-order chi connectivity index (χ0) is 12.7. The SMILES string of the molecule is CC(C)(CO)CNC(=O)COc1ccccc1. The van der Waals surface area contributed by atoms with Crippen molar-refractivity contribution in [2.24, 2.45) is 5.41 Å². The highest BCUT2D eigenvalue weighted by molar-refractivity contribution is 5.77. The average molecular weight is 237 g/mol. The molecule has 0 radical (unpaired) electrons. The topological polar surface area (TPSA) is 58.6 Å². The highest BCUT2D eigenvalue weighted by Gasteiger charge is 2.17. The fraction of sp³-hybridized carbons (Fsp3) is 0.462. The van der Waals surface area contributed by atoms with Gasteiger partial charge in [-0.15, -0.1) is 0 Å². The second-order valence-corrected chi connectivity index (χ2v) is 4.70. The molecule has 0 aliphatic heterocycles. The lowest BCUT2D eigenvalue weighted by atomic mass is 9.95. The molecule has 1 aromatic rings. The number of para-hydroxylation sites is 1. The van der Waals surface area contributed by atoms with Crippen LogP contribution in [0.15, 0.2) is 30.3 Å². The van der Waals surface area contributed by atoms with E-state index in [2.05, 4.69) is 5.32 Å². The van der Waals surface area contributed by atoms with Crippen molar-refractivity contribution < 1.29 is 14.6 Å². The summed E-state index contributed by atoms with van der Waals surface area (Å²) in [6.07, 6.45) is 0. The predicted octanol–water partition coefficient (Wildman–Crippen LogP) is 1.20. The van der Waals surface area contributed by atoms with Gasteiger partial charge in [-0.1, -0.05) is 32.0 Å². The summed E-state index contributed by atoms with van der Waals surface area (Å²) >= 11 is 0. The summed E-state index contributed by atoms with van der Waals surface area (Å²) in [5.74, 6) is 0.486. The molecule has 17 heavy (non-hydrogen) atoms. The maximum Gasteiger partial charge on any atom is 0.257 e. The van der Waals surface area contributed by atoms with Gasteiger partial charge in [0.05, 0.1) is 0 Å². The Labute approximate surface area is 102 Å². The van der Waals surface area contributed by atoms with Crippen LogP contribution >= 0.6 is 0 Å². The van der Waals surface area contributed by atoms with E-state index in [1.807, 2.05) is 32.0 Å². The fourth-order valence-corrected chi connectivity index (χ4v) is 1.11. The van der Waals surface area contributed by atoms with E-state index in [1.165, 1.54) is 0 Å². The summed E-state index contributed by atoms with van der Waals surface area (Å²) < 4.78 is 5.29. The molecule has 1 rings (SSSR count). The van der Waals surface area contributed by atoms with E-state index in [9.17, 15) is 4.79 Å². The van der Waals surface area contributed by atoms with E-state index in [-0.39, 0.29) is 24.5 Å². The molecular weight excluding hydrogens is 218 g/mol. The molecule has 0 saturated carbocycles. The number of rotatable bonds is 6. The molecule has 0 bridgehead atoms. The van der Waals surface area contributed by atoms with E-state index in [0.29, 0.717) is 12.3 Å². The molecule has 0 spiro atoms. The zero-order valence-corrected chi connectivity index (χ0v) is 10.3. The lowest BCUT2D eigenvalue weighted by molar-refractivity contribution is -0.123. The monoisotopic (exact) mass is 237 g/mol. The van der Waals surface area contributed by atoms with Crippen LogP contribution in [0.3, 0.4) is 0 Å². The van der Waals surface area contributed by atoms with Crippen molar-refractivity contribution in [3.8, 4) is 5.75 Å². The molecular formula is C13H19NO3. The first kappa shape index (κ1) is 13.5. The molecule has 4 heteroatoms. The van der Waals surface area contributed by atoms with Crippen molar-refractivity contribution in [1.29, 1.82) is 0 Å². The third-order valence-electron chi connectivity index (χ3n) is 2.31. The first-order valence-electron chi connectivity index (χ1n) is 5.59. The van der Waals surface area contributed by atoms with Gasteiger partial charge in [-0.25, -0.2) is 0 Å². The van der Waals surface area contributed by atoms with Crippen LogP contribution in [0.5, 0.6) is 5.75 Å². The minimum Gasteiger partial charge on any atom is -0.484 e. The average Bonchev–Trinajstić information content (AvgIpc) is 2.35. The third-order valence-corrected chi connectivity index (χ3v) is 2.31. The zero-order valence-electron chi connectivity index (χ0n) is 10.3. The first-order chi connectivity index (χ1) is 8.03. The number of aliphatic hydroxyl groups is 1. The van der Waals surface area contributed by atoms with Crippen molar-refractivity contribution >= 4 is 5.91 Å². The smallest absolute Gasteiger partial charge is 0.257 e. The molecule has 0 aliphatic rings. The molecule has 0 unspecified atom stereocenters. The summed E-state index contributed by atoms with van der Waals surface area (Å²) in [6, 6.07) is 9.18. The summed E-state index contributed by atoms with van der Waals surface area (Å²) in [5.41, 5.74) is -0.303. The van der Waals surface area contributed by atoms with Crippen molar-refractivity contribution in [2.75, 3.05) is 19.8 Å². The Morgan fingerprint density at radius 1 is 1.35 bits per heavy atom. The molecule has 1 aromatic carbocycles. The third kappa shape index (κ3) is 5.36. The van der Waals surface area contributed by atoms with Gasteiger partial charge in [-0.05, 0) is 12.1 Å². The molecule has 0 heterocycles. The van der Waals surface area contributed by atoms with Gasteiger partial charge in [0, 0.05) is 18.6 Å². The standard InChI is InChI=1S/C13H19NO3/c1-13(2,10-15)9-14-12(16)8-17-11-6-4-3-5-7-11/h3-7,15H,8-10H2,1-2H3,(H,14,16). The summed E-state index contributed by atoms with van der Waals surface area (Å²) in [6.45, 7) is 4.22. The Hall–Kier alpha value is -1.55. The van der Waals surface area contributed by atoms with E-state index in [0.717, 1.165) is 0 Å². The van der Waals surface area contributed by atoms with Crippen LogP contribution in [-0.2, 0) is 4.79 Å². The molecule has 0 aromatic heterocycles. The number of carbonyl (C=O) groups excluding carboxylic acids is 1. The van der Waals surface area contributed by atoms with E-state index in [4.69, 9.17) is 9.84 Å². The van der Waals surface area contributed by atoms with Gasteiger partial charge in [-0.2, -0.15) is 0 Å². The number of hydrogen-bond acceptors (Lipinski definition) is 3. The number of carbonyl (C=O) groups is 1. The maximum absolute atomic E-state index is 11.5. The molecule has 0 atom stereocenters. The van der Waals surface area contributed by atoms with Crippen molar-refractivity contribution in [2.45, 2.75) is 13.8 Å². The number of amides is 1. The minimum absolute atomic E-state index is 0.00841. The van der Waals surface area contributed by atoms with Gasteiger partial charge in [0.15, 0.2) is 6.61 Å². The van der Waals surface area contributed by atoms with Gasteiger partial charge in [0.25, 0.3) is 5.91 Å². The minimum atomic E-state index is -0.303. The number of hydrogen-bond donors (Lipinski definition) is 2. The highest BCUT2D eigenvalue weighted by Crippen LogP contribution is 2.11. The Balaban J connectivity index is 2.27. The largest absolute Gasteiger partial charge is 0.484 e. The van der Waals surface area contributed by atoms with Gasteiger partial charge >= 0.3 is 0 Å². The molecule has 0 fully saturated rings. The second-order valence-electron chi connectivity index (χ2n) is 4.70. The van der Waals surface area contributed by atoms with Crippen molar-refractivity contribution in [1.82, 2.24) is 5.32 Å². The van der Waals surface area contributed by atoms with Gasteiger partial charge in [0.2, 0.25) is 0 Å². The van der Waals surface area contributed by atoms with Crippen molar-refractivity contribution in [3.63, 3.8) is 0 Å². The number of ether oxygens (including phenoxy) is 1. The number of benzene rings is 1. The van der Waals surface area contributed by atoms with E-state index in [1.54, 1.807) is 12.1 Å². The number of nitrogens with one attached hydrogen (secondary N) is 1. The Bertz CT molecular complexity index is 349. The molecule has 0 aliphatic carbocycles. The summed E-state index contributed by atoms with van der Waals surface area (Å²) in [4.78, 5) is 11.5. The van der Waals surface area contributed by atoms with Gasteiger partial charge in [0.1, 0.15) is 5.75 Å². The molecule has 0 saturated heterocycles. The number of aliphatic hydroxyl groups excluding tert-OH is 1. The molecule has 4 nitrogen and oxygen atoms in total. The second kappa shape index (κ2) is 6.25. The van der Waals surface area contributed by atoms with Crippen LogP contribution in [0.4, 0.5) is 0 Å². The van der Waals surface area contributed by atoms with Crippen LogP contribution in [0.2, 0.25) is 0 Å².